The number of aromatic nitrogens is 2. The van der Waals surface area contributed by atoms with Crippen LogP contribution in [0.15, 0.2) is 18.7 Å². The van der Waals surface area contributed by atoms with Crippen molar-refractivity contribution in [3.8, 4) is 0 Å². The second-order valence-electron chi connectivity index (χ2n) is 6.30. The lowest BCUT2D eigenvalue weighted by atomic mass is 9.80. The highest BCUT2D eigenvalue weighted by Gasteiger charge is 2.59. The summed E-state index contributed by atoms with van der Waals surface area (Å²) >= 11 is 0. The maximum atomic E-state index is 6.08. The van der Waals surface area contributed by atoms with Crippen molar-refractivity contribution >= 4 is 7.12 Å². The Morgan fingerprint density at radius 1 is 1.11 bits per heavy atom. The average molecular weight is 246 g/mol. The van der Waals surface area contributed by atoms with E-state index in [4.69, 9.17) is 9.31 Å². The lowest BCUT2D eigenvalue weighted by Gasteiger charge is -2.32. The zero-order valence-corrected chi connectivity index (χ0v) is 11.4. The highest BCUT2D eigenvalue weighted by Crippen LogP contribution is 2.58. The topological polar surface area (TPSA) is 44.2 Å². The van der Waals surface area contributed by atoms with E-state index < -0.39 is 0 Å². The van der Waals surface area contributed by atoms with E-state index in [9.17, 15) is 0 Å². The molecular formula is C13H19BN2O2. The Labute approximate surface area is 108 Å². The molecule has 0 bridgehead atoms. The molecule has 0 N–H and O–H groups in total. The van der Waals surface area contributed by atoms with Gasteiger partial charge in [0.05, 0.1) is 11.2 Å². The molecule has 0 aromatic carbocycles. The first-order chi connectivity index (χ1) is 8.41. The van der Waals surface area contributed by atoms with E-state index >= 15 is 0 Å². The first-order valence-electron chi connectivity index (χ1n) is 6.51. The predicted molar refractivity (Wildman–Crippen MR) is 69.2 cm³/mol. The highest BCUT2D eigenvalue weighted by molar-refractivity contribution is 6.49. The summed E-state index contributed by atoms with van der Waals surface area (Å²) in [5.74, 6) is 0.929. The van der Waals surface area contributed by atoms with Gasteiger partial charge in [-0.1, -0.05) is 0 Å². The molecule has 1 aliphatic carbocycles. The van der Waals surface area contributed by atoms with E-state index in [0.29, 0.717) is 11.7 Å². The zero-order valence-electron chi connectivity index (χ0n) is 11.4. The summed E-state index contributed by atoms with van der Waals surface area (Å²) in [5.41, 5.74) is 0.716. The SMILES string of the molecule is CC1(C)OB([C@H]2C[C@@H]2c2cncnc2)OC1(C)C. The molecule has 0 radical (unpaired) electrons. The van der Waals surface area contributed by atoms with Gasteiger partial charge < -0.3 is 9.31 Å². The molecule has 1 aromatic heterocycles. The van der Waals surface area contributed by atoms with Gasteiger partial charge in [-0.05, 0) is 45.6 Å². The fraction of sp³-hybridized carbons (Fsp3) is 0.692. The van der Waals surface area contributed by atoms with Gasteiger partial charge in [0.2, 0.25) is 0 Å². The largest absolute Gasteiger partial charge is 0.461 e. The van der Waals surface area contributed by atoms with Crippen LogP contribution in [0.2, 0.25) is 5.82 Å². The van der Waals surface area contributed by atoms with Crippen LogP contribution in [0.5, 0.6) is 0 Å². The zero-order chi connectivity index (χ0) is 13.0. The summed E-state index contributed by atoms with van der Waals surface area (Å²) < 4.78 is 12.2. The van der Waals surface area contributed by atoms with E-state index in [1.165, 1.54) is 5.56 Å². The molecule has 5 heteroatoms. The molecular weight excluding hydrogens is 227 g/mol. The van der Waals surface area contributed by atoms with Crippen LogP contribution in [0.3, 0.4) is 0 Å². The molecule has 2 heterocycles. The van der Waals surface area contributed by atoms with Crippen molar-refractivity contribution in [2.75, 3.05) is 0 Å². The number of rotatable bonds is 2. The minimum atomic E-state index is -0.238. The first kappa shape index (κ1) is 12.1. The van der Waals surface area contributed by atoms with Crippen LogP contribution in [0.25, 0.3) is 0 Å². The van der Waals surface area contributed by atoms with Crippen molar-refractivity contribution in [1.29, 1.82) is 0 Å². The minimum Gasteiger partial charge on any atom is -0.403 e. The highest BCUT2D eigenvalue weighted by atomic mass is 16.7. The van der Waals surface area contributed by atoms with E-state index in [0.717, 1.165) is 6.42 Å². The molecule has 1 aliphatic heterocycles. The van der Waals surface area contributed by atoms with E-state index in [2.05, 4.69) is 37.7 Å². The third-order valence-corrected chi connectivity index (χ3v) is 4.47. The molecule has 3 rings (SSSR count). The standard InChI is InChI=1S/C13H19BN2O2/c1-12(2)13(3,4)18-14(17-12)11-5-10(11)9-6-15-8-16-7-9/h6-8,10-11H,5H2,1-4H3/t10-,11+/m1/s1. The molecule has 1 saturated heterocycles. The van der Waals surface area contributed by atoms with Gasteiger partial charge in [-0.15, -0.1) is 0 Å². The second-order valence-corrected chi connectivity index (χ2v) is 6.30. The van der Waals surface area contributed by atoms with Crippen LogP contribution in [0.1, 0.15) is 45.6 Å². The van der Waals surface area contributed by atoms with Crippen LogP contribution in [0, 0.1) is 0 Å². The summed E-state index contributed by atoms with van der Waals surface area (Å²) in [5, 5.41) is 0. The summed E-state index contributed by atoms with van der Waals surface area (Å²) in [6.07, 6.45) is 6.45. The third kappa shape index (κ3) is 1.86. The maximum absolute atomic E-state index is 6.08. The molecule has 2 atom stereocenters. The summed E-state index contributed by atoms with van der Waals surface area (Å²) in [6, 6.07) is 0. The molecule has 0 amide bonds. The second kappa shape index (κ2) is 3.78. The Balaban J connectivity index is 1.70. The van der Waals surface area contributed by atoms with Crippen LogP contribution in [-0.4, -0.2) is 28.3 Å². The summed E-state index contributed by atoms with van der Waals surface area (Å²) in [4.78, 5) is 8.14. The molecule has 18 heavy (non-hydrogen) atoms. The Morgan fingerprint density at radius 3 is 2.22 bits per heavy atom. The van der Waals surface area contributed by atoms with Crippen molar-refractivity contribution in [1.82, 2.24) is 9.97 Å². The number of hydrogen-bond donors (Lipinski definition) is 0. The predicted octanol–water partition coefficient (Wildman–Crippen LogP) is 2.43. The van der Waals surface area contributed by atoms with Crippen LogP contribution in [0.4, 0.5) is 0 Å². The van der Waals surface area contributed by atoms with Crippen molar-refractivity contribution < 1.29 is 9.31 Å². The quantitative estimate of drug-likeness (QED) is 0.751. The van der Waals surface area contributed by atoms with Gasteiger partial charge in [0.25, 0.3) is 0 Å². The lowest BCUT2D eigenvalue weighted by molar-refractivity contribution is 0.00578. The Kier molecular flexibility index (Phi) is 2.54. The van der Waals surface area contributed by atoms with E-state index in [1.807, 2.05) is 12.4 Å². The van der Waals surface area contributed by atoms with Gasteiger partial charge in [0, 0.05) is 18.2 Å². The molecule has 1 aromatic rings. The van der Waals surface area contributed by atoms with Gasteiger partial charge in [-0.25, -0.2) is 9.97 Å². The Bertz CT molecular complexity index is 434. The van der Waals surface area contributed by atoms with Crippen LogP contribution < -0.4 is 0 Å². The van der Waals surface area contributed by atoms with Crippen molar-refractivity contribution in [3.63, 3.8) is 0 Å². The molecule has 2 aliphatic rings. The van der Waals surface area contributed by atoms with Gasteiger partial charge in [-0.3, -0.25) is 0 Å². The van der Waals surface area contributed by atoms with E-state index in [1.54, 1.807) is 6.33 Å². The molecule has 1 saturated carbocycles. The van der Waals surface area contributed by atoms with Crippen molar-refractivity contribution in [2.45, 2.75) is 57.1 Å². The van der Waals surface area contributed by atoms with Gasteiger partial charge in [-0.2, -0.15) is 0 Å². The van der Waals surface area contributed by atoms with Crippen molar-refractivity contribution in [3.05, 3.63) is 24.3 Å². The van der Waals surface area contributed by atoms with Gasteiger partial charge in [0.15, 0.2) is 0 Å². The molecule has 96 valence electrons. The fourth-order valence-corrected chi connectivity index (χ4v) is 2.46. The molecule has 0 unspecified atom stereocenters. The monoisotopic (exact) mass is 246 g/mol. The van der Waals surface area contributed by atoms with Gasteiger partial charge in [0.1, 0.15) is 6.33 Å². The molecule has 0 spiro atoms. The Hall–Kier alpha value is -0.935. The first-order valence-corrected chi connectivity index (χ1v) is 6.51. The van der Waals surface area contributed by atoms with E-state index in [-0.39, 0.29) is 18.3 Å². The average Bonchev–Trinajstić information content (AvgIpc) is 3.04. The lowest BCUT2D eigenvalue weighted by Crippen LogP contribution is -2.41. The smallest absolute Gasteiger partial charge is 0.403 e. The molecule has 2 fully saturated rings. The third-order valence-electron chi connectivity index (χ3n) is 4.47. The number of nitrogens with zero attached hydrogens (tertiary/aromatic N) is 2. The van der Waals surface area contributed by atoms with Crippen LogP contribution in [-0.2, 0) is 9.31 Å². The minimum absolute atomic E-state index is 0.0970. The Morgan fingerprint density at radius 2 is 1.67 bits per heavy atom. The summed E-state index contributed by atoms with van der Waals surface area (Å²) in [6.45, 7) is 8.37. The normalized spacial score (nSPS) is 32.6. The van der Waals surface area contributed by atoms with Gasteiger partial charge >= 0.3 is 7.12 Å². The van der Waals surface area contributed by atoms with Crippen molar-refractivity contribution in [2.24, 2.45) is 0 Å². The van der Waals surface area contributed by atoms with Crippen LogP contribution >= 0.6 is 0 Å². The fourth-order valence-electron chi connectivity index (χ4n) is 2.46. The maximum Gasteiger partial charge on any atom is 0.461 e. The summed E-state index contributed by atoms with van der Waals surface area (Å²) in [7, 11) is -0.0970. The molecule has 4 nitrogen and oxygen atoms in total. The number of hydrogen-bond acceptors (Lipinski definition) is 4.